The molecule has 0 aliphatic carbocycles. The molecule has 0 bridgehead atoms. The number of amides is 1. The Hall–Kier alpha value is -2.04. The van der Waals surface area contributed by atoms with Crippen molar-refractivity contribution in [1.82, 2.24) is 4.90 Å². The van der Waals surface area contributed by atoms with Gasteiger partial charge in [0, 0.05) is 24.8 Å². The van der Waals surface area contributed by atoms with Crippen molar-refractivity contribution in [2.45, 2.75) is 18.9 Å². The number of hydrogen-bond donors (Lipinski definition) is 1. The van der Waals surface area contributed by atoms with Gasteiger partial charge in [-0.2, -0.15) is 0 Å². The molecule has 1 saturated heterocycles. The summed E-state index contributed by atoms with van der Waals surface area (Å²) in [6.45, 7) is 2.10. The fourth-order valence-electron chi connectivity index (χ4n) is 2.79. The minimum absolute atomic E-state index is 0.225. The van der Waals surface area contributed by atoms with Crippen molar-refractivity contribution in [1.29, 1.82) is 0 Å². The van der Waals surface area contributed by atoms with E-state index in [9.17, 15) is 4.79 Å². The molecule has 126 valence electrons. The van der Waals surface area contributed by atoms with E-state index in [4.69, 9.17) is 16.3 Å². The van der Waals surface area contributed by atoms with E-state index in [1.54, 1.807) is 24.3 Å². The van der Waals surface area contributed by atoms with Crippen LogP contribution in [0.25, 0.3) is 0 Å². The second kappa shape index (κ2) is 7.69. The van der Waals surface area contributed by atoms with Crippen molar-refractivity contribution in [2.24, 2.45) is 0 Å². The standard InChI is InChI=1S/C19H21ClN2O2/c1-22-11-9-15(10-12-22)24-16-6-4-5-14(13-16)21-19(23)17-7-2-3-8-18(17)20/h2-8,13,15H,9-12H2,1H3,(H,21,23). The number of nitrogens with one attached hydrogen (secondary N) is 1. The molecular formula is C19H21ClN2O2. The molecule has 1 aliphatic rings. The van der Waals surface area contributed by atoms with Crippen molar-refractivity contribution in [3.05, 3.63) is 59.1 Å². The lowest BCUT2D eigenvalue weighted by Gasteiger charge is -2.29. The zero-order valence-corrected chi connectivity index (χ0v) is 14.4. The first-order valence-electron chi connectivity index (χ1n) is 8.13. The Morgan fingerprint density at radius 3 is 2.67 bits per heavy atom. The fraction of sp³-hybridized carbons (Fsp3) is 0.316. The lowest BCUT2D eigenvalue weighted by molar-refractivity contribution is 0.102. The third-order valence-electron chi connectivity index (χ3n) is 4.18. The number of likely N-dealkylation sites (tertiary alicyclic amines) is 1. The summed E-state index contributed by atoms with van der Waals surface area (Å²) in [7, 11) is 2.13. The topological polar surface area (TPSA) is 41.6 Å². The Balaban J connectivity index is 1.65. The fourth-order valence-corrected chi connectivity index (χ4v) is 3.01. The predicted octanol–water partition coefficient (Wildman–Crippen LogP) is 4.07. The molecule has 0 aromatic heterocycles. The lowest BCUT2D eigenvalue weighted by Crippen LogP contribution is -2.35. The second-order valence-corrected chi connectivity index (χ2v) is 6.49. The third kappa shape index (κ3) is 4.28. The van der Waals surface area contributed by atoms with Crippen molar-refractivity contribution >= 4 is 23.2 Å². The molecule has 2 aromatic rings. The summed E-state index contributed by atoms with van der Waals surface area (Å²) >= 11 is 6.07. The number of hydrogen-bond acceptors (Lipinski definition) is 3. The summed E-state index contributed by atoms with van der Waals surface area (Å²) in [6, 6.07) is 14.5. The quantitative estimate of drug-likeness (QED) is 0.909. The number of rotatable bonds is 4. The lowest BCUT2D eigenvalue weighted by atomic mass is 10.1. The molecule has 1 fully saturated rings. The van der Waals surface area contributed by atoms with Crippen LogP contribution < -0.4 is 10.1 Å². The van der Waals surface area contributed by atoms with Crippen LogP contribution in [0.2, 0.25) is 5.02 Å². The maximum atomic E-state index is 12.3. The Kier molecular flexibility index (Phi) is 5.38. The molecule has 0 saturated carbocycles. The van der Waals surface area contributed by atoms with Crippen LogP contribution in [-0.4, -0.2) is 37.0 Å². The molecule has 0 radical (unpaired) electrons. The Bertz CT molecular complexity index is 712. The van der Waals surface area contributed by atoms with Gasteiger partial charge in [-0.25, -0.2) is 0 Å². The average molecular weight is 345 g/mol. The normalized spacial score (nSPS) is 15.9. The third-order valence-corrected chi connectivity index (χ3v) is 4.51. The second-order valence-electron chi connectivity index (χ2n) is 6.08. The molecule has 1 amide bonds. The summed E-state index contributed by atoms with van der Waals surface area (Å²) < 4.78 is 6.05. The van der Waals surface area contributed by atoms with Gasteiger partial charge >= 0.3 is 0 Å². The summed E-state index contributed by atoms with van der Waals surface area (Å²) in [5.41, 5.74) is 1.16. The summed E-state index contributed by atoms with van der Waals surface area (Å²) in [4.78, 5) is 14.6. The first kappa shape index (κ1) is 16.8. The summed E-state index contributed by atoms with van der Waals surface area (Å²) in [5, 5.41) is 3.31. The molecule has 0 atom stereocenters. The highest BCUT2D eigenvalue weighted by Crippen LogP contribution is 2.23. The Morgan fingerprint density at radius 1 is 1.17 bits per heavy atom. The number of ether oxygens (including phenoxy) is 1. The highest BCUT2D eigenvalue weighted by molar-refractivity contribution is 6.34. The first-order valence-corrected chi connectivity index (χ1v) is 8.51. The number of carbonyl (C=O) groups is 1. The molecule has 1 aliphatic heterocycles. The minimum Gasteiger partial charge on any atom is -0.490 e. The van der Waals surface area contributed by atoms with Crippen LogP contribution in [0.3, 0.4) is 0 Å². The molecule has 0 unspecified atom stereocenters. The number of carbonyl (C=O) groups excluding carboxylic acids is 1. The van der Waals surface area contributed by atoms with Gasteiger partial charge < -0.3 is 15.0 Å². The van der Waals surface area contributed by atoms with E-state index in [-0.39, 0.29) is 12.0 Å². The van der Waals surface area contributed by atoms with Crippen LogP contribution in [0.5, 0.6) is 5.75 Å². The predicted molar refractivity (Wildman–Crippen MR) is 97.0 cm³/mol. The average Bonchev–Trinajstić information content (AvgIpc) is 2.58. The highest BCUT2D eigenvalue weighted by atomic mass is 35.5. The van der Waals surface area contributed by atoms with Crippen LogP contribution >= 0.6 is 11.6 Å². The van der Waals surface area contributed by atoms with Gasteiger partial charge in [0.2, 0.25) is 0 Å². The minimum atomic E-state index is -0.225. The van der Waals surface area contributed by atoms with E-state index in [2.05, 4.69) is 17.3 Å². The van der Waals surface area contributed by atoms with E-state index >= 15 is 0 Å². The number of piperidine rings is 1. The highest BCUT2D eigenvalue weighted by Gasteiger charge is 2.18. The van der Waals surface area contributed by atoms with Crippen LogP contribution in [0.1, 0.15) is 23.2 Å². The Morgan fingerprint density at radius 2 is 1.92 bits per heavy atom. The van der Waals surface area contributed by atoms with Gasteiger partial charge in [0.15, 0.2) is 0 Å². The zero-order chi connectivity index (χ0) is 16.9. The van der Waals surface area contributed by atoms with Gasteiger partial charge in [-0.1, -0.05) is 29.8 Å². The Labute approximate surface area is 147 Å². The smallest absolute Gasteiger partial charge is 0.257 e. The van der Waals surface area contributed by atoms with Crippen LogP contribution in [0, 0.1) is 0 Å². The van der Waals surface area contributed by atoms with Gasteiger partial charge in [0.1, 0.15) is 11.9 Å². The van der Waals surface area contributed by atoms with Gasteiger partial charge in [0.25, 0.3) is 5.91 Å². The molecule has 0 spiro atoms. The van der Waals surface area contributed by atoms with Crippen molar-refractivity contribution in [3.8, 4) is 5.75 Å². The molecule has 24 heavy (non-hydrogen) atoms. The summed E-state index contributed by atoms with van der Waals surface area (Å²) in [6.07, 6.45) is 2.27. The van der Waals surface area contributed by atoms with Gasteiger partial charge in [-0.05, 0) is 44.2 Å². The molecule has 2 aromatic carbocycles. The van der Waals surface area contributed by atoms with Crippen LogP contribution in [-0.2, 0) is 0 Å². The largest absolute Gasteiger partial charge is 0.490 e. The van der Waals surface area contributed by atoms with Gasteiger partial charge in [-0.15, -0.1) is 0 Å². The number of benzene rings is 2. The number of nitrogens with zero attached hydrogens (tertiary/aromatic N) is 1. The monoisotopic (exact) mass is 344 g/mol. The van der Waals surface area contributed by atoms with Crippen molar-refractivity contribution in [2.75, 3.05) is 25.5 Å². The van der Waals surface area contributed by atoms with E-state index in [1.165, 1.54) is 0 Å². The van der Waals surface area contributed by atoms with Crippen molar-refractivity contribution < 1.29 is 9.53 Å². The first-order chi connectivity index (χ1) is 11.6. The van der Waals surface area contributed by atoms with E-state index in [1.807, 2.05) is 24.3 Å². The molecule has 1 heterocycles. The van der Waals surface area contributed by atoms with Crippen LogP contribution in [0.4, 0.5) is 5.69 Å². The zero-order valence-electron chi connectivity index (χ0n) is 13.7. The maximum absolute atomic E-state index is 12.3. The molecule has 5 heteroatoms. The summed E-state index contributed by atoms with van der Waals surface area (Å²) in [5.74, 6) is 0.554. The molecule has 1 N–H and O–H groups in total. The van der Waals surface area contributed by atoms with E-state index in [0.717, 1.165) is 31.7 Å². The SMILES string of the molecule is CN1CCC(Oc2cccc(NC(=O)c3ccccc3Cl)c2)CC1. The van der Waals surface area contributed by atoms with Gasteiger partial charge in [-0.3, -0.25) is 4.79 Å². The number of halogens is 1. The molecule has 4 nitrogen and oxygen atoms in total. The van der Waals surface area contributed by atoms with Crippen LogP contribution in [0.15, 0.2) is 48.5 Å². The number of anilines is 1. The molecule has 3 rings (SSSR count). The van der Waals surface area contributed by atoms with Gasteiger partial charge in [0.05, 0.1) is 10.6 Å². The van der Waals surface area contributed by atoms with E-state index in [0.29, 0.717) is 16.3 Å². The molecular weight excluding hydrogens is 324 g/mol. The van der Waals surface area contributed by atoms with Crippen molar-refractivity contribution in [3.63, 3.8) is 0 Å². The van der Waals surface area contributed by atoms with E-state index < -0.39 is 0 Å². The maximum Gasteiger partial charge on any atom is 0.257 e.